The van der Waals surface area contributed by atoms with Gasteiger partial charge in [-0.2, -0.15) is 0 Å². The van der Waals surface area contributed by atoms with Crippen LogP contribution in [0.1, 0.15) is 19.8 Å². The zero-order chi connectivity index (χ0) is 12.8. The zero-order valence-electron chi connectivity index (χ0n) is 10.6. The lowest BCUT2D eigenvalue weighted by atomic mass is 9.97. The molecule has 1 aliphatic rings. The first-order valence-electron chi connectivity index (χ1n) is 5.83. The van der Waals surface area contributed by atoms with E-state index < -0.39 is 0 Å². The van der Waals surface area contributed by atoms with Crippen LogP contribution in [-0.4, -0.2) is 55.8 Å². The molecule has 0 saturated carbocycles. The van der Waals surface area contributed by atoms with Crippen molar-refractivity contribution in [3.8, 4) is 0 Å². The van der Waals surface area contributed by atoms with Crippen LogP contribution >= 0.6 is 0 Å². The number of amides is 2. The third-order valence-corrected chi connectivity index (χ3v) is 2.88. The van der Waals surface area contributed by atoms with Gasteiger partial charge in [0.2, 0.25) is 0 Å². The molecule has 0 aromatic rings. The zero-order valence-corrected chi connectivity index (χ0v) is 10.6. The summed E-state index contributed by atoms with van der Waals surface area (Å²) in [5, 5.41) is 1.21. The second-order valence-corrected chi connectivity index (χ2v) is 4.00. The van der Waals surface area contributed by atoms with E-state index in [1.54, 1.807) is 18.9 Å². The van der Waals surface area contributed by atoms with Crippen LogP contribution in [0.3, 0.4) is 0 Å². The van der Waals surface area contributed by atoms with Crippen molar-refractivity contribution in [3.63, 3.8) is 0 Å². The molecule has 1 aliphatic heterocycles. The van der Waals surface area contributed by atoms with E-state index in [1.807, 2.05) is 0 Å². The second-order valence-electron chi connectivity index (χ2n) is 4.00. The molecular weight excluding hydrogens is 224 g/mol. The van der Waals surface area contributed by atoms with Crippen LogP contribution in [0.15, 0.2) is 0 Å². The van der Waals surface area contributed by atoms with Gasteiger partial charge >= 0.3 is 6.09 Å². The molecule has 0 radical (unpaired) electrons. The predicted molar refractivity (Wildman–Crippen MR) is 61.1 cm³/mol. The van der Waals surface area contributed by atoms with Crippen LogP contribution in [0.4, 0.5) is 4.79 Å². The molecule has 98 valence electrons. The van der Waals surface area contributed by atoms with E-state index in [1.165, 1.54) is 12.2 Å². The van der Waals surface area contributed by atoms with Crippen LogP contribution < -0.4 is 0 Å². The highest BCUT2D eigenvalue weighted by atomic mass is 16.7. The highest BCUT2D eigenvalue weighted by Gasteiger charge is 2.30. The van der Waals surface area contributed by atoms with Crippen molar-refractivity contribution in [1.82, 2.24) is 9.96 Å². The van der Waals surface area contributed by atoms with Gasteiger partial charge in [0.15, 0.2) is 0 Å². The van der Waals surface area contributed by atoms with Crippen LogP contribution in [-0.2, 0) is 14.4 Å². The summed E-state index contributed by atoms with van der Waals surface area (Å²) in [6.07, 6.45) is 1.25. The minimum Gasteiger partial charge on any atom is -0.450 e. The van der Waals surface area contributed by atoms with Gasteiger partial charge in [-0.25, -0.2) is 9.86 Å². The summed E-state index contributed by atoms with van der Waals surface area (Å²) in [7, 11) is 3.02. The van der Waals surface area contributed by atoms with Gasteiger partial charge in [-0.1, -0.05) is 0 Å². The molecule has 0 N–H and O–H groups in total. The monoisotopic (exact) mass is 244 g/mol. The van der Waals surface area contributed by atoms with Crippen molar-refractivity contribution in [1.29, 1.82) is 0 Å². The Morgan fingerprint density at radius 3 is 2.76 bits per heavy atom. The third-order valence-electron chi connectivity index (χ3n) is 2.88. The van der Waals surface area contributed by atoms with E-state index in [4.69, 9.17) is 9.57 Å². The molecule has 2 amide bonds. The topological polar surface area (TPSA) is 59.1 Å². The number of likely N-dealkylation sites (tertiary alicyclic amines) is 1. The van der Waals surface area contributed by atoms with Crippen molar-refractivity contribution in [2.24, 2.45) is 5.92 Å². The summed E-state index contributed by atoms with van der Waals surface area (Å²) in [6.45, 7) is 3.18. The van der Waals surface area contributed by atoms with E-state index in [2.05, 4.69) is 0 Å². The van der Waals surface area contributed by atoms with Crippen molar-refractivity contribution in [2.45, 2.75) is 19.8 Å². The number of hydroxylamine groups is 2. The maximum Gasteiger partial charge on any atom is 0.409 e. The minimum absolute atomic E-state index is 0.0958. The largest absolute Gasteiger partial charge is 0.450 e. The Morgan fingerprint density at radius 1 is 1.47 bits per heavy atom. The Labute approximate surface area is 101 Å². The smallest absolute Gasteiger partial charge is 0.409 e. The molecule has 1 saturated heterocycles. The molecule has 0 spiro atoms. The summed E-state index contributed by atoms with van der Waals surface area (Å²) in [5.74, 6) is -0.292. The lowest BCUT2D eigenvalue weighted by Gasteiger charge is -2.32. The lowest BCUT2D eigenvalue weighted by Crippen LogP contribution is -2.45. The lowest BCUT2D eigenvalue weighted by molar-refractivity contribution is -0.174. The van der Waals surface area contributed by atoms with Crippen molar-refractivity contribution >= 4 is 12.0 Å². The Morgan fingerprint density at radius 2 is 2.18 bits per heavy atom. The van der Waals surface area contributed by atoms with Gasteiger partial charge in [-0.15, -0.1) is 0 Å². The van der Waals surface area contributed by atoms with E-state index in [-0.39, 0.29) is 17.9 Å². The summed E-state index contributed by atoms with van der Waals surface area (Å²) in [6, 6.07) is 0. The molecule has 1 atom stereocenters. The minimum atomic E-state index is -0.343. The highest BCUT2D eigenvalue weighted by molar-refractivity contribution is 5.79. The van der Waals surface area contributed by atoms with E-state index in [0.29, 0.717) is 19.7 Å². The molecule has 0 bridgehead atoms. The Kier molecular flexibility index (Phi) is 5.21. The number of carbonyl (C=O) groups is 2. The van der Waals surface area contributed by atoms with Gasteiger partial charge in [-0.05, 0) is 19.8 Å². The van der Waals surface area contributed by atoms with E-state index in [9.17, 15) is 9.59 Å². The second kappa shape index (κ2) is 6.44. The van der Waals surface area contributed by atoms with Crippen molar-refractivity contribution < 1.29 is 19.2 Å². The molecule has 17 heavy (non-hydrogen) atoms. The van der Waals surface area contributed by atoms with Crippen LogP contribution in [0.25, 0.3) is 0 Å². The number of piperidine rings is 1. The van der Waals surface area contributed by atoms with Gasteiger partial charge < -0.3 is 9.64 Å². The summed E-state index contributed by atoms with van der Waals surface area (Å²) in [4.78, 5) is 29.9. The van der Waals surface area contributed by atoms with Crippen molar-refractivity contribution in [3.05, 3.63) is 0 Å². The van der Waals surface area contributed by atoms with Gasteiger partial charge in [-0.3, -0.25) is 9.63 Å². The van der Waals surface area contributed by atoms with Crippen LogP contribution in [0.2, 0.25) is 0 Å². The normalized spacial score (nSPS) is 19.9. The fourth-order valence-corrected chi connectivity index (χ4v) is 1.91. The Bertz CT molecular complexity index is 283. The Hall–Kier alpha value is -1.30. The number of carbonyl (C=O) groups excluding carboxylic acids is 2. The first-order chi connectivity index (χ1) is 8.10. The molecule has 0 aromatic heterocycles. The average molecular weight is 244 g/mol. The number of rotatable bonds is 3. The number of ether oxygens (including phenoxy) is 1. The quantitative estimate of drug-likeness (QED) is 0.691. The number of hydrogen-bond acceptors (Lipinski definition) is 4. The molecular formula is C11H20N2O4. The van der Waals surface area contributed by atoms with Gasteiger partial charge in [0, 0.05) is 20.1 Å². The average Bonchev–Trinajstić information content (AvgIpc) is 2.37. The van der Waals surface area contributed by atoms with Crippen molar-refractivity contribution in [2.75, 3.05) is 33.9 Å². The summed E-state index contributed by atoms with van der Waals surface area (Å²) in [5.41, 5.74) is 0. The fraction of sp³-hybridized carbons (Fsp3) is 0.818. The van der Waals surface area contributed by atoms with Crippen LogP contribution in [0.5, 0.6) is 0 Å². The Balaban J connectivity index is 2.54. The van der Waals surface area contributed by atoms with E-state index >= 15 is 0 Å². The number of nitrogens with zero attached hydrogens (tertiary/aromatic N) is 2. The molecule has 1 rings (SSSR count). The summed E-state index contributed by atoms with van der Waals surface area (Å²) >= 11 is 0. The molecule has 6 heteroatoms. The molecule has 0 aromatic carbocycles. The first-order valence-corrected chi connectivity index (χ1v) is 5.83. The first kappa shape index (κ1) is 13.8. The molecule has 0 unspecified atom stereocenters. The molecule has 1 heterocycles. The summed E-state index contributed by atoms with van der Waals surface area (Å²) < 4.78 is 4.93. The van der Waals surface area contributed by atoms with Gasteiger partial charge in [0.05, 0.1) is 19.6 Å². The number of hydrogen-bond donors (Lipinski definition) is 0. The molecule has 6 nitrogen and oxygen atoms in total. The maximum atomic E-state index is 11.9. The maximum absolute atomic E-state index is 11.9. The highest BCUT2D eigenvalue weighted by Crippen LogP contribution is 2.19. The molecule has 0 aliphatic carbocycles. The predicted octanol–water partition coefficient (Wildman–Crippen LogP) is 0.875. The molecule has 1 fully saturated rings. The van der Waals surface area contributed by atoms with Gasteiger partial charge in [0.1, 0.15) is 0 Å². The van der Waals surface area contributed by atoms with Crippen LogP contribution in [0, 0.1) is 5.92 Å². The SMILES string of the molecule is CCOC(=O)N1CCC[C@@H](C(=O)N(C)OC)C1. The van der Waals surface area contributed by atoms with E-state index in [0.717, 1.165) is 12.8 Å². The third kappa shape index (κ3) is 3.59. The fourth-order valence-electron chi connectivity index (χ4n) is 1.91. The standard InChI is InChI=1S/C11H20N2O4/c1-4-17-11(15)13-7-5-6-9(8-13)10(14)12(2)16-3/h9H,4-8H2,1-3H3/t9-/m1/s1. The van der Waals surface area contributed by atoms with Gasteiger partial charge in [0.25, 0.3) is 5.91 Å².